The van der Waals surface area contributed by atoms with Crippen LogP contribution in [0.15, 0.2) is 54.6 Å². The molecule has 6 heteroatoms. The Hall–Kier alpha value is -2.60. The van der Waals surface area contributed by atoms with Crippen molar-refractivity contribution in [1.82, 2.24) is 4.90 Å². The molecule has 0 unspecified atom stereocenters. The molecule has 2 heterocycles. The van der Waals surface area contributed by atoms with Crippen LogP contribution in [-0.4, -0.2) is 10.7 Å². The zero-order valence-electron chi connectivity index (χ0n) is 15.2. The molecule has 0 radical (unpaired) electrons. The first kappa shape index (κ1) is 25.4. The van der Waals surface area contributed by atoms with E-state index in [2.05, 4.69) is 74.2 Å². The summed E-state index contributed by atoms with van der Waals surface area (Å²) in [5, 5.41) is 0. The zero-order chi connectivity index (χ0) is 20.4. The molecular formula is C22H17CrNO4. The predicted octanol–water partition coefficient (Wildman–Crippen LogP) is 3.75. The fourth-order valence-corrected chi connectivity index (χ4v) is 3.52. The van der Waals surface area contributed by atoms with Gasteiger partial charge in [-0.25, -0.2) is 0 Å². The summed E-state index contributed by atoms with van der Waals surface area (Å²) in [6.07, 6.45) is 2.39. The molecule has 2 aromatic rings. The number of allylic oxidation sites excluding steroid dienone is 1. The minimum atomic E-state index is 0. The molecule has 2 aliphatic heterocycles. The Morgan fingerprint density at radius 1 is 0.929 bits per heavy atom. The van der Waals surface area contributed by atoms with E-state index < -0.39 is 0 Å². The molecule has 0 saturated carbocycles. The standard InChI is InChI=1S/C19H17NO.3CO.Cr/c1-13-6-2-4-8-16(13)18-10-15(21)11-19-17-9-5-3-7-14(17)12-20(18)19;3*1-2;/h2-9,11,18H,10,12H2,1H3;;;;/t18-;;;;/m0..../s1. The van der Waals surface area contributed by atoms with Crippen molar-refractivity contribution < 1.29 is 36.1 Å². The van der Waals surface area contributed by atoms with Crippen LogP contribution in [0.25, 0.3) is 5.70 Å². The van der Waals surface area contributed by atoms with Crippen LogP contribution in [0.4, 0.5) is 0 Å². The molecule has 1 atom stereocenters. The van der Waals surface area contributed by atoms with E-state index in [0.717, 1.165) is 12.2 Å². The minimum Gasteiger partial charge on any atom is 0 e. The molecule has 0 fully saturated rings. The Labute approximate surface area is 175 Å². The maximum Gasteiger partial charge on any atom is 0 e. The molecule has 0 aromatic heterocycles. The number of hydrogen-bond acceptors (Lipinski definition) is 2. The summed E-state index contributed by atoms with van der Waals surface area (Å²) >= 11 is 0. The van der Waals surface area contributed by atoms with Gasteiger partial charge in [0.1, 0.15) is 0 Å². The molecule has 0 spiro atoms. The second kappa shape index (κ2) is 12.7. The monoisotopic (exact) mass is 411 g/mol. The smallest absolute Gasteiger partial charge is 0 e. The van der Waals surface area contributed by atoms with Gasteiger partial charge in [0.25, 0.3) is 0 Å². The summed E-state index contributed by atoms with van der Waals surface area (Å²) in [4.78, 5) is 14.6. The third-order valence-corrected chi connectivity index (χ3v) is 4.56. The molecule has 140 valence electrons. The van der Waals surface area contributed by atoms with E-state index in [9.17, 15) is 4.79 Å². The Balaban J connectivity index is 0.000000957. The maximum atomic E-state index is 12.2. The van der Waals surface area contributed by atoms with Crippen LogP contribution in [0.2, 0.25) is 0 Å². The van der Waals surface area contributed by atoms with Crippen LogP contribution in [0.1, 0.15) is 34.7 Å². The number of carbonyl (C=O) groups is 1. The first-order chi connectivity index (χ1) is 13.2. The van der Waals surface area contributed by atoms with Crippen molar-refractivity contribution in [2.45, 2.75) is 25.9 Å². The van der Waals surface area contributed by atoms with Gasteiger partial charge in [0.2, 0.25) is 0 Å². The molecule has 0 N–H and O–H groups in total. The molecule has 0 bridgehead atoms. The zero-order valence-corrected chi connectivity index (χ0v) is 16.5. The first-order valence-corrected chi connectivity index (χ1v) is 8.00. The van der Waals surface area contributed by atoms with Gasteiger partial charge in [0.15, 0.2) is 5.78 Å². The average molecular weight is 411 g/mol. The van der Waals surface area contributed by atoms with Crippen molar-refractivity contribution in [2.24, 2.45) is 0 Å². The third-order valence-electron chi connectivity index (χ3n) is 4.56. The Morgan fingerprint density at radius 2 is 1.50 bits per heavy atom. The van der Waals surface area contributed by atoms with Crippen molar-refractivity contribution in [1.29, 1.82) is 0 Å². The second-order valence-corrected chi connectivity index (χ2v) is 5.86. The van der Waals surface area contributed by atoms with Crippen LogP contribution in [0.5, 0.6) is 0 Å². The molecule has 5 nitrogen and oxygen atoms in total. The largest absolute Gasteiger partial charge is 0 e. The summed E-state index contributed by atoms with van der Waals surface area (Å²) in [6.45, 7) is 16.5. The number of rotatable bonds is 1. The number of fused-ring (bicyclic) bond motifs is 3. The van der Waals surface area contributed by atoms with Gasteiger partial charge in [-0.05, 0) is 23.6 Å². The number of ketones is 1. The van der Waals surface area contributed by atoms with Gasteiger partial charge >= 0.3 is 33.9 Å². The van der Waals surface area contributed by atoms with Crippen molar-refractivity contribution >= 4 is 11.5 Å². The Morgan fingerprint density at radius 3 is 2.14 bits per heavy atom. The van der Waals surface area contributed by atoms with Gasteiger partial charge in [0.05, 0.1) is 6.04 Å². The quantitative estimate of drug-likeness (QED) is 0.529. The number of carbonyl (C=O) groups excluding carboxylic acids is 1. The molecular weight excluding hydrogens is 394 g/mol. The van der Waals surface area contributed by atoms with Crippen LogP contribution < -0.4 is 0 Å². The topological polar surface area (TPSA) is 80.0 Å². The van der Waals surface area contributed by atoms with Gasteiger partial charge in [-0.3, -0.25) is 4.79 Å². The Bertz CT molecular complexity index is 884. The van der Waals surface area contributed by atoms with E-state index in [1.165, 1.54) is 22.3 Å². The number of hydrogen-bond donors (Lipinski definition) is 0. The molecule has 2 aliphatic rings. The molecule has 2 aromatic carbocycles. The molecule has 0 amide bonds. The van der Waals surface area contributed by atoms with Crippen molar-refractivity contribution in [3.05, 3.63) is 96.8 Å². The number of nitrogens with zero attached hydrogens (tertiary/aromatic N) is 1. The van der Waals surface area contributed by atoms with Crippen LogP contribution >= 0.6 is 0 Å². The summed E-state index contributed by atoms with van der Waals surface area (Å²) in [7, 11) is 0. The van der Waals surface area contributed by atoms with Crippen molar-refractivity contribution in [2.75, 3.05) is 0 Å². The summed E-state index contributed by atoms with van der Waals surface area (Å²) < 4.78 is 22.5. The predicted molar refractivity (Wildman–Crippen MR) is 95.3 cm³/mol. The summed E-state index contributed by atoms with van der Waals surface area (Å²) in [5.74, 6) is 0.228. The fourth-order valence-electron chi connectivity index (χ4n) is 3.52. The van der Waals surface area contributed by atoms with Gasteiger partial charge in [-0.2, -0.15) is 0 Å². The van der Waals surface area contributed by atoms with Crippen LogP contribution in [-0.2, 0) is 42.7 Å². The molecule has 0 saturated heterocycles. The second-order valence-electron chi connectivity index (χ2n) is 5.86. The molecule has 4 rings (SSSR count). The minimum absolute atomic E-state index is 0. The van der Waals surface area contributed by atoms with E-state index in [-0.39, 0.29) is 29.2 Å². The first-order valence-electron chi connectivity index (χ1n) is 8.00. The molecule has 0 aliphatic carbocycles. The number of benzene rings is 2. The van der Waals surface area contributed by atoms with E-state index in [1.807, 2.05) is 12.1 Å². The van der Waals surface area contributed by atoms with E-state index in [1.54, 1.807) is 0 Å². The maximum absolute atomic E-state index is 12.2. The molecule has 28 heavy (non-hydrogen) atoms. The average Bonchev–Trinajstić information content (AvgIpc) is 3.11. The van der Waals surface area contributed by atoms with E-state index in [0.29, 0.717) is 6.42 Å². The van der Waals surface area contributed by atoms with Crippen molar-refractivity contribution in [3.8, 4) is 0 Å². The SMILES string of the molecule is Cc1ccccc1[C@@H]1CC(=O)C=C2c3ccccc3CN21.[C-]#[O+].[C-]#[O+].[C-]#[O+].[Cr]. The summed E-state index contributed by atoms with van der Waals surface area (Å²) in [5.41, 5.74) is 6.15. The normalized spacial score (nSPS) is 15.2. The van der Waals surface area contributed by atoms with Crippen molar-refractivity contribution in [3.63, 3.8) is 0 Å². The van der Waals surface area contributed by atoms with Gasteiger partial charge in [0, 0.05) is 47.7 Å². The number of aryl methyl sites for hydroxylation is 1. The van der Waals surface area contributed by atoms with Gasteiger partial charge in [-0.15, -0.1) is 0 Å². The van der Waals surface area contributed by atoms with E-state index in [4.69, 9.17) is 14.0 Å². The van der Waals surface area contributed by atoms with Crippen LogP contribution in [0, 0.1) is 26.9 Å². The Kier molecular flexibility index (Phi) is 11.5. The van der Waals surface area contributed by atoms with E-state index >= 15 is 0 Å². The summed E-state index contributed by atoms with van der Waals surface area (Å²) in [6, 6.07) is 17.0. The third kappa shape index (κ3) is 5.23. The fraction of sp³-hybridized carbons (Fsp3) is 0.182. The van der Waals surface area contributed by atoms with Gasteiger partial charge < -0.3 is 4.90 Å². The van der Waals surface area contributed by atoms with Crippen LogP contribution in [0.3, 0.4) is 0 Å². The van der Waals surface area contributed by atoms with Gasteiger partial charge in [-0.1, -0.05) is 48.5 Å².